The van der Waals surface area contributed by atoms with Crippen molar-refractivity contribution in [1.82, 2.24) is 9.88 Å². The molecule has 0 saturated carbocycles. The molecule has 2 unspecified atom stereocenters. The topological polar surface area (TPSA) is 65.6 Å². The smallest absolute Gasteiger partial charge is 0.251 e. The SMILES string of the molecule is C=CC(=O)N1C(C)CN(c2cc3cc(C(C)C)c(=O)[nH]c3cc2OC)CC1C. The van der Waals surface area contributed by atoms with Gasteiger partial charge in [-0.15, -0.1) is 0 Å². The molecule has 0 radical (unpaired) electrons. The van der Waals surface area contributed by atoms with E-state index in [2.05, 4.69) is 22.5 Å². The van der Waals surface area contributed by atoms with Gasteiger partial charge in [-0.3, -0.25) is 9.59 Å². The number of benzene rings is 1. The molecule has 1 N–H and O–H groups in total. The first-order valence-electron chi connectivity index (χ1n) is 9.71. The summed E-state index contributed by atoms with van der Waals surface area (Å²) in [6, 6.07) is 6.02. The van der Waals surface area contributed by atoms with Gasteiger partial charge in [0.1, 0.15) is 5.75 Å². The number of methoxy groups -OCH3 is 1. The average molecular weight is 383 g/mol. The van der Waals surface area contributed by atoms with Crippen LogP contribution in [0.5, 0.6) is 5.75 Å². The highest BCUT2D eigenvalue weighted by atomic mass is 16.5. The van der Waals surface area contributed by atoms with Crippen molar-refractivity contribution in [2.45, 2.75) is 45.7 Å². The van der Waals surface area contributed by atoms with Crippen LogP contribution >= 0.6 is 0 Å². The normalized spacial score (nSPS) is 19.9. The second-order valence-corrected chi connectivity index (χ2v) is 7.87. The van der Waals surface area contributed by atoms with Crippen LogP contribution in [0.4, 0.5) is 5.69 Å². The number of amides is 1. The largest absolute Gasteiger partial charge is 0.495 e. The zero-order valence-corrected chi connectivity index (χ0v) is 17.3. The van der Waals surface area contributed by atoms with Gasteiger partial charge in [-0.25, -0.2) is 0 Å². The molecule has 0 spiro atoms. The van der Waals surface area contributed by atoms with Crippen molar-refractivity contribution in [3.05, 3.63) is 46.8 Å². The van der Waals surface area contributed by atoms with E-state index in [1.807, 2.05) is 44.7 Å². The molecule has 1 amide bonds. The van der Waals surface area contributed by atoms with Gasteiger partial charge in [-0.2, -0.15) is 0 Å². The highest BCUT2D eigenvalue weighted by Crippen LogP contribution is 2.35. The third-order valence-electron chi connectivity index (χ3n) is 5.48. The van der Waals surface area contributed by atoms with Crippen molar-refractivity contribution in [2.75, 3.05) is 25.1 Å². The Morgan fingerprint density at radius 2 is 1.89 bits per heavy atom. The van der Waals surface area contributed by atoms with Gasteiger partial charge >= 0.3 is 0 Å². The van der Waals surface area contributed by atoms with E-state index in [4.69, 9.17) is 4.74 Å². The summed E-state index contributed by atoms with van der Waals surface area (Å²) in [4.78, 5) is 31.6. The van der Waals surface area contributed by atoms with Crippen LogP contribution in [0.25, 0.3) is 10.9 Å². The van der Waals surface area contributed by atoms with E-state index in [1.54, 1.807) is 7.11 Å². The quantitative estimate of drug-likeness (QED) is 0.823. The number of carbonyl (C=O) groups is 1. The minimum absolute atomic E-state index is 0.0377. The van der Waals surface area contributed by atoms with Crippen molar-refractivity contribution in [1.29, 1.82) is 0 Å². The number of hydrogen-bond donors (Lipinski definition) is 1. The molecule has 1 aromatic carbocycles. The fourth-order valence-electron chi connectivity index (χ4n) is 4.14. The molecule has 2 heterocycles. The number of nitrogens with zero attached hydrogens (tertiary/aromatic N) is 2. The second kappa shape index (κ2) is 7.70. The third-order valence-corrected chi connectivity index (χ3v) is 5.48. The van der Waals surface area contributed by atoms with Gasteiger partial charge in [0.2, 0.25) is 5.91 Å². The molecule has 0 bridgehead atoms. The first-order valence-corrected chi connectivity index (χ1v) is 9.71. The number of carbonyl (C=O) groups excluding carboxylic acids is 1. The van der Waals surface area contributed by atoms with Gasteiger partial charge < -0.3 is 19.5 Å². The lowest BCUT2D eigenvalue weighted by molar-refractivity contribution is -0.130. The number of ether oxygens (including phenoxy) is 1. The van der Waals surface area contributed by atoms with Gasteiger partial charge in [0.25, 0.3) is 5.56 Å². The second-order valence-electron chi connectivity index (χ2n) is 7.87. The average Bonchev–Trinajstić information content (AvgIpc) is 2.65. The molecule has 0 aliphatic carbocycles. The highest BCUT2D eigenvalue weighted by Gasteiger charge is 2.32. The van der Waals surface area contributed by atoms with Crippen LogP contribution in [0.15, 0.2) is 35.6 Å². The number of pyridine rings is 1. The van der Waals surface area contributed by atoms with Crippen LogP contribution in [0.3, 0.4) is 0 Å². The van der Waals surface area contributed by atoms with Crippen LogP contribution in [-0.2, 0) is 4.79 Å². The molecular weight excluding hydrogens is 354 g/mol. The minimum atomic E-state index is -0.0592. The van der Waals surface area contributed by atoms with E-state index in [0.29, 0.717) is 18.8 Å². The van der Waals surface area contributed by atoms with E-state index in [9.17, 15) is 9.59 Å². The summed E-state index contributed by atoms with van der Waals surface area (Å²) in [6.07, 6.45) is 1.38. The Hall–Kier alpha value is -2.76. The predicted octanol–water partition coefficient (Wildman–Crippen LogP) is 3.27. The zero-order valence-electron chi connectivity index (χ0n) is 17.3. The summed E-state index contributed by atoms with van der Waals surface area (Å²) >= 11 is 0. The van der Waals surface area contributed by atoms with Crippen LogP contribution in [-0.4, -0.2) is 48.1 Å². The number of nitrogens with one attached hydrogen (secondary N) is 1. The molecule has 28 heavy (non-hydrogen) atoms. The summed E-state index contributed by atoms with van der Waals surface area (Å²) in [6.45, 7) is 13.1. The minimum Gasteiger partial charge on any atom is -0.495 e. The Balaban J connectivity index is 2.04. The van der Waals surface area contributed by atoms with Gasteiger partial charge in [0.05, 0.1) is 18.3 Å². The molecule has 6 nitrogen and oxygen atoms in total. The molecule has 3 rings (SSSR count). The van der Waals surface area contributed by atoms with E-state index in [0.717, 1.165) is 22.2 Å². The number of aromatic nitrogens is 1. The maximum absolute atomic E-state index is 12.3. The molecule has 6 heteroatoms. The first kappa shape index (κ1) is 20.0. The molecule has 150 valence electrons. The van der Waals surface area contributed by atoms with Crippen molar-refractivity contribution in [2.24, 2.45) is 0 Å². The zero-order chi connectivity index (χ0) is 20.6. The summed E-state index contributed by atoms with van der Waals surface area (Å²) in [5, 5.41) is 0.976. The summed E-state index contributed by atoms with van der Waals surface area (Å²) in [5.41, 5.74) is 2.44. The number of fused-ring (bicyclic) bond motifs is 1. The Labute approximate surface area is 165 Å². The van der Waals surface area contributed by atoms with Crippen molar-refractivity contribution in [3.8, 4) is 5.75 Å². The van der Waals surface area contributed by atoms with E-state index in [-0.39, 0.29) is 29.5 Å². The standard InChI is InChI=1S/C22H29N3O3/c1-7-21(26)25-14(4)11-24(12-15(25)5)19-9-16-8-17(13(2)3)22(27)23-18(16)10-20(19)28-6/h7-10,13-15H,1,11-12H2,2-6H3,(H,23,27). The van der Waals surface area contributed by atoms with Crippen LogP contribution in [0.1, 0.15) is 39.2 Å². The molecule has 1 saturated heterocycles. The number of H-pyrrole nitrogens is 1. The molecule has 1 aliphatic rings. The number of aromatic amines is 1. The molecule has 2 aromatic rings. The monoisotopic (exact) mass is 383 g/mol. The highest BCUT2D eigenvalue weighted by molar-refractivity contribution is 5.88. The number of anilines is 1. The van der Waals surface area contributed by atoms with Gasteiger partial charge in [-0.05, 0) is 38.0 Å². The summed E-state index contributed by atoms with van der Waals surface area (Å²) < 4.78 is 5.63. The van der Waals surface area contributed by atoms with Crippen molar-refractivity contribution in [3.63, 3.8) is 0 Å². The molecule has 1 aliphatic heterocycles. The summed E-state index contributed by atoms with van der Waals surface area (Å²) in [5.74, 6) is 0.819. The number of piperazine rings is 1. The van der Waals surface area contributed by atoms with Crippen LogP contribution in [0, 0.1) is 0 Å². The van der Waals surface area contributed by atoms with E-state index in [1.165, 1.54) is 6.08 Å². The first-order chi connectivity index (χ1) is 13.3. The number of hydrogen-bond acceptors (Lipinski definition) is 4. The van der Waals surface area contributed by atoms with E-state index < -0.39 is 0 Å². The molecular formula is C22H29N3O3. The Morgan fingerprint density at radius 1 is 1.25 bits per heavy atom. The lowest BCUT2D eigenvalue weighted by Gasteiger charge is -2.45. The fraction of sp³-hybridized carbons (Fsp3) is 0.455. The molecule has 1 fully saturated rings. The van der Waals surface area contributed by atoms with Crippen molar-refractivity contribution < 1.29 is 9.53 Å². The van der Waals surface area contributed by atoms with Gasteiger partial charge in [-0.1, -0.05) is 20.4 Å². The molecule has 2 atom stereocenters. The molecule has 1 aromatic heterocycles. The summed E-state index contributed by atoms with van der Waals surface area (Å²) in [7, 11) is 1.63. The maximum atomic E-state index is 12.3. The predicted molar refractivity (Wildman–Crippen MR) is 113 cm³/mol. The third kappa shape index (κ3) is 3.51. The fourth-order valence-corrected chi connectivity index (χ4v) is 4.14. The Kier molecular flexibility index (Phi) is 5.49. The van der Waals surface area contributed by atoms with Crippen LogP contribution in [0.2, 0.25) is 0 Å². The number of rotatable bonds is 4. The maximum Gasteiger partial charge on any atom is 0.251 e. The van der Waals surface area contributed by atoms with E-state index >= 15 is 0 Å². The van der Waals surface area contributed by atoms with Gasteiger partial charge in [0.15, 0.2) is 0 Å². The van der Waals surface area contributed by atoms with Crippen LogP contribution < -0.4 is 15.2 Å². The van der Waals surface area contributed by atoms with Gasteiger partial charge in [0, 0.05) is 42.2 Å². The van der Waals surface area contributed by atoms with Crippen molar-refractivity contribution >= 4 is 22.5 Å². The Morgan fingerprint density at radius 3 is 2.43 bits per heavy atom. The Bertz CT molecular complexity index is 951. The lowest BCUT2D eigenvalue weighted by Crippen LogP contribution is -2.58. The lowest BCUT2D eigenvalue weighted by atomic mass is 10.0.